The Bertz CT molecular complexity index is 1010. The van der Waals surface area contributed by atoms with Crippen molar-refractivity contribution in [2.75, 3.05) is 10.6 Å². The highest BCUT2D eigenvalue weighted by Crippen LogP contribution is 2.21. The van der Waals surface area contributed by atoms with Crippen LogP contribution in [0, 0.1) is 18.3 Å². The number of benzene rings is 2. The normalized spacial score (nSPS) is 10.0. The Labute approximate surface area is 155 Å². The number of carbonyl (C=O) groups is 1. The van der Waals surface area contributed by atoms with Crippen molar-refractivity contribution in [2.24, 2.45) is 0 Å². The van der Waals surface area contributed by atoms with Crippen LogP contribution in [0.2, 0.25) is 5.02 Å². The zero-order valence-electron chi connectivity index (χ0n) is 13.8. The Morgan fingerprint density at radius 1 is 1.12 bits per heavy atom. The Hall–Kier alpha value is -3.43. The SMILES string of the molecule is Cc1ccc(NC(=O)c2cc(Nc3cccc(C#N)c3)ncn2)cc1Cl. The van der Waals surface area contributed by atoms with Gasteiger partial charge in [-0.25, -0.2) is 9.97 Å². The maximum atomic E-state index is 12.4. The first-order valence-corrected chi connectivity index (χ1v) is 8.10. The summed E-state index contributed by atoms with van der Waals surface area (Å²) in [6.45, 7) is 1.89. The highest BCUT2D eigenvalue weighted by atomic mass is 35.5. The van der Waals surface area contributed by atoms with E-state index in [2.05, 4.69) is 26.7 Å². The fourth-order valence-electron chi connectivity index (χ4n) is 2.23. The van der Waals surface area contributed by atoms with E-state index in [9.17, 15) is 4.79 Å². The fourth-order valence-corrected chi connectivity index (χ4v) is 2.41. The van der Waals surface area contributed by atoms with Gasteiger partial charge in [0.2, 0.25) is 0 Å². The van der Waals surface area contributed by atoms with Crippen molar-refractivity contribution in [2.45, 2.75) is 6.92 Å². The molecule has 26 heavy (non-hydrogen) atoms. The van der Waals surface area contributed by atoms with Gasteiger partial charge in [0, 0.05) is 22.5 Å². The van der Waals surface area contributed by atoms with Crippen LogP contribution in [-0.4, -0.2) is 15.9 Å². The first kappa shape index (κ1) is 17.4. The van der Waals surface area contributed by atoms with Gasteiger partial charge in [-0.15, -0.1) is 0 Å². The molecule has 0 spiro atoms. The molecule has 1 amide bonds. The van der Waals surface area contributed by atoms with Crippen molar-refractivity contribution in [3.8, 4) is 6.07 Å². The van der Waals surface area contributed by atoms with Crippen molar-refractivity contribution in [3.05, 3.63) is 76.7 Å². The molecule has 0 saturated carbocycles. The smallest absolute Gasteiger partial charge is 0.274 e. The van der Waals surface area contributed by atoms with Gasteiger partial charge in [0.05, 0.1) is 11.6 Å². The molecular formula is C19H14ClN5O. The number of amides is 1. The lowest BCUT2D eigenvalue weighted by Crippen LogP contribution is -2.14. The predicted octanol–water partition coefficient (Wildman–Crippen LogP) is 4.31. The number of halogens is 1. The van der Waals surface area contributed by atoms with E-state index in [-0.39, 0.29) is 11.6 Å². The second-order valence-electron chi connectivity index (χ2n) is 5.52. The molecule has 3 aromatic rings. The molecule has 128 valence electrons. The zero-order chi connectivity index (χ0) is 18.5. The van der Waals surface area contributed by atoms with Crippen molar-refractivity contribution in [3.63, 3.8) is 0 Å². The number of hydrogen-bond donors (Lipinski definition) is 2. The number of aromatic nitrogens is 2. The molecule has 6 nitrogen and oxygen atoms in total. The largest absolute Gasteiger partial charge is 0.340 e. The van der Waals surface area contributed by atoms with Crippen LogP contribution in [-0.2, 0) is 0 Å². The third-order valence-electron chi connectivity index (χ3n) is 3.59. The van der Waals surface area contributed by atoms with Crippen LogP contribution >= 0.6 is 11.6 Å². The summed E-state index contributed by atoms with van der Waals surface area (Å²) in [6.07, 6.45) is 1.30. The van der Waals surface area contributed by atoms with Crippen molar-refractivity contribution in [1.29, 1.82) is 5.26 Å². The van der Waals surface area contributed by atoms with Gasteiger partial charge in [0.25, 0.3) is 5.91 Å². The van der Waals surface area contributed by atoms with Crippen LogP contribution in [0.3, 0.4) is 0 Å². The third kappa shape index (κ3) is 4.15. The molecule has 2 N–H and O–H groups in total. The molecule has 0 aliphatic rings. The monoisotopic (exact) mass is 363 g/mol. The minimum atomic E-state index is -0.374. The minimum Gasteiger partial charge on any atom is -0.340 e. The lowest BCUT2D eigenvalue weighted by Gasteiger charge is -2.09. The van der Waals surface area contributed by atoms with E-state index in [1.807, 2.05) is 13.0 Å². The molecule has 7 heteroatoms. The first-order chi connectivity index (χ1) is 12.5. The van der Waals surface area contributed by atoms with Crippen LogP contribution in [0.1, 0.15) is 21.6 Å². The van der Waals surface area contributed by atoms with Crippen LogP contribution in [0.25, 0.3) is 0 Å². The third-order valence-corrected chi connectivity index (χ3v) is 4.00. The van der Waals surface area contributed by atoms with Crippen LogP contribution < -0.4 is 10.6 Å². The van der Waals surface area contributed by atoms with Gasteiger partial charge in [0.15, 0.2) is 0 Å². The molecule has 1 aromatic heterocycles. The maximum Gasteiger partial charge on any atom is 0.274 e. The Morgan fingerprint density at radius 3 is 2.73 bits per heavy atom. The number of rotatable bonds is 4. The molecule has 0 saturated heterocycles. The molecule has 0 unspecified atom stereocenters. The van der Waals surface area contributed by atoms with E-state index in [0.717, 1.165) is 5.56 Å². The molecule has 1 heterocycles. The second kappa shape index (κ2) is 7.64. The highest BCUT2D eigenvalue weighted by molar-refractivity contribution is 6.31. The number of anilines is 3. The summed E-state index contributed by atoms with van der Waals surface area (Å²) < 4.78 is 0. The van der Waals surface area contributed by atoms with Crippen molar-refractivity contribution < 1.29 is 4.79 Å². The number of carbonyl (C=O) groups excluding carboxylic acids is 1. The summed E-state index contributed by atoms with van der Waals surface area (Å²) in [4.78, 5) is 20.5. The number of aryl methyl sites for hydroxylation is 1. The summed E-state index contributed by atoms with van der Waals surface area (Å²) in [6, 6.07) is 15.8. The lowest BCUT2D eigenvalue weighted by molar-refractivity contribution is 0.102. The van der Waals surface area contributed by atoms with E-state index in [1.54, 1.807) is 36.4 Å². The Kier molecular flexibility index (Phi) is 5.11. The molecule has 3 rings (SSSR count). The highest BCUT2D eigenvalue weighted by Gasteiger charge is 2.10. The number of nitriles is 1. The second-order valence-corrected chi connectivity index (χ2v) is 5.93. The van der Waals surface area contributed by atoms with E-state index >= 15 is 0 Å². The van der Waals surface area contributed by atoms with E-state index in [4.69, 9.17) is 16.9 Å². The van der Waals surface area contributed by atoms with Gasteiger partial charge in [-0.1, -0.05) is 23.7 Å². The van der Waals surface area contributed by atoms with Crippen molar-refractivity contribution in [1.82, 2.24) is 9.97 Å². The van der Waals surface area contributed by atoms with Crippen molar-refractivity contribution >= 4 is 34.7 Å². The molecule has 2 aromatic carbocycles. The number of nitrogens with zero attached hydrogens (tertiary/aromatic N) is 3. The summed E-state index contributed by atoms with van der Waals surface area (Å²) in [7, 11) is 0. The van der Waals surface area contributed by atoms with Gasteiger partial charge >= 0.3 is 0 Å². The maximum absolute atomic E-state index is 12.4. The quantitative estimate of drug-likeness (QED) is 0.720. The first-order valence-electron chi connectivity index (χ1n) is 7.72. The number of nitrogens with one attached hydrogen (secondary N) is 2. The average Bonchev–Trinajstić information content (AvgIpc) is 2.65. The Morgan fingerprint density at radius 2 is 1.96 bits per heavy atom. The molecule has 0 bridgehead atoms. The van der Waals surface area contributed by atoms with Gasteiger partial charge < -0.3 is 10.6 Å². The molecule has 0 fully saturated rings. The molecule has 0 radical (unpaired) electrons. The van der Waals surface area contributed by atoms with E-state index < -0.39 is 0 Å². The molecule has 0 atom stereocenters. The molecule has 0 aliphatic heterocycles. The lowest BCUT2D eigenvalue weighted by atomic mass is 10.2. The standard InChI is InChI=1S/C19H14ClN5O/c1-12-5-6-15(8-16(12)20)25-19(26)17-9-18(23-11-22-17)24-14-4-2-3-13(7-14)10-21/h2-9,11H,1H3,(H,25,26)(H,22,23,24). The summed E-state index contributed by atoms with van der Waals surface area (Å²) in [5.74, 6) is 0.0725. The summed E-state index contributed by atoms with van der Waals surface area (Å²) in [5.41, 5.74) is 2.94. The van der Waals surface area contributed by atoms with Gasteiger partial charge in [-0.2, -0.15) is 5.26 Å². The topological polar surface area (TPSA) is 90.7 Å². The van der Waals surface area contributed by atoms with Gasteiger partial charge in [0.1, 0.15) is 17.8 Å². The summed E-state index contributed by atoms with van der Waals surface area (Å²) in [5, 5.41) is 15.3. The Balaban J connectivity index is 1.76. The van der Waals surface area contributed by atoms with E-state index in [1.165, 1.54) is 12.4 Å². The average molecular weight is 364 g/mol. The predicted molar refractivity (Wildman–Crippen MR) is 101 cm³/mol. The summed E-state index contributed by atoms with van der Waals surface area (Å²) >= 11 is 6.07. The van der Waals surface area contributed by atoms with Crippen LogP contribution in [0.4, 0.5) is 17.2 Å². The van der Waals surface area contributed by atoms with E-state index in [0.29, 0.717) is 27.8 Å². The van der Waals surface area contributed by atoms with Gasteiger partial charge in [-0.3, -0.25) is 4.79 Å². The van der Waals surface area contributed by atoms with Crippen LogP contribution in [0.15, 0.2) is 54.9 Å². The van der Waals surface area contributed by atoms with Crippen LogP contribution in [0.5, 0.6) is 0 Å². The zero-order valence-corrected chi connectivity index (χ0v) is 14.6. The fraction of sp³-hybridized carbons (Fsp3) is 0.0526. The minimum absolute atomic E-state index is 0.204. The molecular weight excluding hydrogens is 350 g/mol. The number of hydrogen-bond acceptors (Lipinski definition) is 5. The van der Waals surface area contributed by atoms with Gasteiger partial charge in [-0.05, 0) is 42.8 Å². The molecule has 0 aliphatic carbocycles.